The van der Waals surface area contributed by atoms with Gasteiger partial charge in [0, 0.05) is 11.5 Å². The van der Waals surface area contributed by atoms with Crippen LogP contribution < -0.4 is 11.5 Å². The van der Waals surface area contributed by atoms with Crippen molar-refractivity contribution in [3.8, 4) is 0 Å². The fourth-order valence-electron chi connectivity index (χ4n) is 1.82. The zero-order chi connectivity index (χ0) is 17.0. The topological polar surface area (TPSA) is 69.1 Å². The molecule has 0 radical (unpaired) electrons. The van der Waals surface area contributed by atoms with Gasteiger partial charge in [-0.3, -0.25) is 4.79 Å². The van der Waals surface area contributed by atoms with E-state index in [-0.39, 0.29) is 0 Å². The van der Waals surface area contributed by atoms with Crippen LogP contribution in [0.25, 0.3) is 0 Å². The van der Waals surface area contributed by atoms with E-state index >= 15 is 0 Å². The van der Waals surface area contributed by atoms with Gasteiger partial charge in [-0.1, -0.05) is 34.9 Å². The van der Waals surface area contributed by atoms with E-state index in [2.05, 4.69) is 45.9 Å². The predicted molar refractivity (Wildman–Crippen MR) is 99.9 cm³/mol. The molecule has 126 valence electrons. The number of thioether (sulfide) groups is 1. The summed E-state index contributed by atoms with van der Waals surface area (Å²) in [6, 6.07) is -0.537. The molecule has 1 amide bonds. The number of primary amides is 1. The van der Waals surface area contributed by atoms with Gasteiger partial charge < -0.3 is 11.5 Å². The minimum Gasteiger partial charge on any atom is -0.368 e. The zero-order valence-corrected chi connectivity index (χ0v) is 15.3. The van der Waals surface area contributed by atoms with Gasteiger partial charge >= 0.3 is 0 Å². The largest absolute Gasteiger partial charge is 0.368 e. The third kappa shape index (κ3) is 12.7. The Morgan fingerprint density at radius 3 is 2.09 bits per heavy atom. The fraction of sp³-hybridized carbons (Fsp3) is 0.611. The number of carbonyl (C=O) groups excluding carboxylic acids is 1. The van der Waals surface area contributed by atoms with E-state index in [9.17, 15) is 4.79 Å². The lowest BCUT2D eigenvalue weighted by molar-refractivity contribution is -0.118. The Bertz CT molecular complexity index is 421. The molecule has 0 rings (SSSR count). The Morgan fingerprint density at radius 2 is 1.55 bits per heavy atom. The van der Waals surface area contributed by atoms with Crippen LogP contribution in [0.15, 0.2) is 34.9 Å². The van der Waals surface area contributed by atoms with Crippen LogP contribution in [0, 0.1) is 0 Å². The van der Waals surface area contributed by atoms with Crippen molar-refractivity contribution < 1.29 is 4.79 Å². The van der Waals surface area contributed by atoms with Gasteiger partial charge in [0.2, 0.25) is 5.91 Å². The van der Waals surface area contributed by atoms with Crippen LogP contribution in [-0.4, -0.2) is 23.5 Å². The Hall–Kier alpha value is -1.00. The summed E-state index contributed by atoms with van der Waals surface area (Å²) in [6.07, 6.45) is 11.3. The van der Waals surface area contributed by atoms with Crippen molar-refractivity contribution in [2.45, 2.75) is 59.4 Å². The van der Waals surface area contributed by atoms with Gasteiger partial charge in [-0.05, 0) is 53.4 Å². The molecule has 0 heterocycles. The molecule has 0 aliphatic heterocycles. The van der Waals surface area contributed by atoms with E-state index in [1.807, 2.05) is 0 Å². The third-order valence-electron chi connectivity index (χ3n) is 3.34. The van der Waals surface area contributed by atoms with E-state index in [1.165, 1.54) is 16.7 Å². The first-order valence-corrected chi connectivity index (χ1v) is 9.05. The van der Waals surface area contributed by atoms with Gasteiger partial charge in [-0.15, -0.1) is 0 Å². The molecule has 4 N–H and O–H groups in total. The summed E-state index contributed by atoms with van der Waals surface area (Å²) in [5, 5.41) is 0. The summed E-state index contributed by atoms with van der Waals surface area (Å²) >= 11 is 1.65. The second-order valence-corrected chi connectivity index (χ2v) is 7.08. The molecule has 0 fully saturated rings. The van der Waals surface area contributed by atoms with Gasteiger partial charge in [0.05, 0.1) is 6.04 Å². The van der Waals surface area contributed by atoms with Crippen LogP contribution in [0.1, 0.15) is 53.4 Å². The Kier molecular flexibility index (Phi) is 12.0. The first-order chi connectivity index (χ1) is 10.3. The lowest BCUT2D eigenvalue weighted by Crippen LogP contribution is -2.38. The van der Waals surface area contributed by atoms with E-state index in [0.717, 1.165) is 31.4 Å². The number of carbonyl (C=O) groups is 1. The Balaban J connectivity index is 3.87. The highest BCUT2D eigenvalue weighted by Crippen LogP contribution is 2.12. The Morgan fingerprint density at radius 1 is 1.00 bits per heavy atom. The molecule has 0 spiro atoms. The molecule has 22 heavy (non-hydrogen) atoms. The lowest BCUT2D eigenvalue weighted by atomic mass is 10.1. The summed E-state index contributed by atoms with van der Waals surface area (Å²) in [5.74, 6) is 1.04. The molecule has 1 atom stereocenters. The highest BCUT2D eigenvalue weighted by atomic mass is 32.2. The average molecular weight is 325 g/mol. The quantitative estimate of drug-likeness (QED) is 0.446. The first-order valence-electron chi connectivity index (χ1n) is 7.90. The molecular formula is C18H32N2OS. The highest BCUT2D eigenvalue weighted by Gasteiger charge is 2.07. The highest BCUT2D eigenvalue weighted by molar-refractivity contribution is 7.99. The molecule has 0 aromatic rings. The average Bonchev–Trinajstić information content (AvgIpc) is 2.42. The molecule has 0 aliphatic carbocycles. The van der Waals surface area contributed by atoms with Crippen LogP contribution in [0.5, 0.6) is 0 Å². The predicted octanol–water partition coefficient (Wildman–Crippen LogP) is 3.95. The van der Waals surface area contributed by atoms with Crippen LogP contribution in [0.3, 0.4) is 0 Å². The first kappa shape index (κ1) is 21.0. The van der Waals surface area contributed by atoms with Crippen molar-refractivity contribution in [3.05, 3.63) is 34.9 Å². The van der Waals surface area contributed by atoms with Crippen molar-refractivity contribution in [3.63, 3.8) is 0 Å². The number of amides is 1. The van der Waals surface area contributed by atoms with Crippen LogP contribution in [0.4, 0.5) is 0 Å². The third-order valence-corrected chi connectivity index (χ3v) is 4.33. The smallest absolute Gasteiger partial charge is 0.235 e. The molecule has 0 aromatic carbocycles. The molecule has 3 nitrogen and oxygen atoms in total. The maximum atomic E-state index is 10.8. The number of nitrogens with two attached hydrogens (primary N) is 2. The van der Waals surface area contributed by atoms with Gasteiger partial charge in [0.25, 0.3) is 0 Å². The summed E-state index contributed by atoms with van der Waals surface area (Å²) in [6.45, 7) is 8.64. The van der Waals surface area contributed by atoms with Crippen molar-refractivity contribution in [2.24, 2.45) is 11.5 Å². The monoisotopic (exact) mass is 324 g/mol. The van der Waals surface area contributed by atoms with E-state index in [1.54, 1.807) is 11.8 Å². The van der Waals surface area contributed by atoms with Crippen molar-refractivity contribution >= 4 is 17.7 Å². The molecular weight excluding hydrogens is 292 g/mol. The number of rotatable bonds is 11. The van der Waals surface area contributed by atoms with Crippen LogP contribution in [-0.2, 0) is 4.79 Å². The molecule has 0 aromatic heterocycles. The Labute approximate surface area is 140 Å². The fourth-order valence-corrected chi connectivity index (χ4v) is 2.77. The molecule has 4 heteroatoms. The maximum absolute atomic E-state index is 10.8. The van der Waals surface area contributed by atoms with E-state index < -0.39 is 11.9 Å². The van der Waals surface area contributed by atoms with Crippen molar-refractivity contribution in [1.82, 2.24) is 0 Å². The number of hydrogen-bond acceptors (Lipinski definition) is 3. The molecule has 0 aliphatic rings. The van der Waals surface area contributed by atoms with E-state index in [4.69, 9.17) is 11.5 Å². The summed E-state index contributed by atoms with van der Waals surface area (Å²) in [4.78, 5) is 10.8. The molecule has 0 unspecified atom stereocenters. The van der Waals surface area contributed by atoms with Gasteiger partial charge in [0.15, 0.2) is 0 Å². The van der Waals surface area contributed by atoms with Gasteiger partial charge in [-0.2, -0.15) is 11.8 Å². The number of hydrogen-bond donors (Lipinski definition) is 2. The van der Waals surface area contributed by atoms with Gasteiger partial charge in [0.1, 0.15) is 0 Å². The lowest BCUT2D eigenvalue weighted by Gasteiger charge is -2.05. The summed E-state index contributed by atoms with van der Waals surface area (Å²) in [7, 11) is 0. The van der Waals surface area contributed by atoms with Crippen LogP contribution in [0.2, 0.25) is 0 Å². The number of allylic oxidation sites excluding steroid dienone is 5. The molecule has 0 saturated heterocycles. The van der Waals surface area contributed by atoms with Gasteiger partial charge in [-0.25, -0.2) is 0 Å². The van der Waals surface area contributed by atoms with E-state index in [0.29, 0.717) is 5.75 Å². The zero-order valence-electron chi connectivity index (χ0n) is 14.5. The summed E-state index contributed by atoms with van der Waals surface area (Å²) in [5.41, 5.74) is 14.9. The summed E-state index contributed by atoms with van der Waals surface area (Å²) < 4.78 is 0. The second-order valence-electron chi connectivity index (χ2n) is 6.01. The van der Waals surface area contributed by atoms with Crippen molar-refractivity contribution in [2.75, 3.05) is 11.5 Å². The standard InChI is InChI=1S/C18H32N2OS/c1-14(2)7-5-8-15(3)9-6-10-16(4)11-12-22-13-17(19)18(20)21/h7,9,11,17H,5-6,8,10,12-13,19H2,1-4H3,(H2,20,21)/t17-/m0/s1. The minimum atomic E-state index is -0.537. The SMILES string of the molecule is CC(C)=CCCC(C)=CCCC(C)=CCSC[C@H](N)C(N)=O. The minimum absolute atomic E-state index is 0.429. The van der Waals surface area contributed by atoms with Crippen LogP contribution >= 0.6 is 11.8 Å². The second kappa shape index (κ2) is 12.5. The maximum Gasteiger partial charge on any atom is 0.235 e. The molecule has 0 bridgehead atoms. The normalized spacial score (nSPS) is 13.9. The molecule has 0 saturated carbocycles. The van der Waals surface area contributed by atoms with Crippen molar-refractivity contribution in [1.29, 1.82) is 0 Å².